The Labute approximate surface area is 120 Å². The number of benzene rings is 1. The van der Waals surface area contributed by atoms with Crippen LogP contribution in [-0.2, 0) is 15.1 Å². The summed E-state index contributed by atoms with van der Waals surface area (Å²) in [4.78, 5) is 11.6. The molecule has 0 fully saturated rings. The number of nitrogens with one attached hydrogen (secondary N) is 1. The predicted molar refractivity (Wildman–Crippen MR) is 71.8 cm³/mol. The Bertz CT molecular complexity index is 473. The molecule has 0 aromatic heterocycles. The highest BCUT2D eigenvalue weighted by molar-refractivity contribution is 5.82. The molecule has 0 spiro atoms. The molecule has 118 valence electrons. The van der Waals surface area contributed by atoms with Crippen LogP contribution in [0.4, 0.5) is 18.9 Å². The maximum Gasteiger partial charge on any atom is 0.432 e. The van der Waals surface area contributed by atoms with Crippen LogP contribution in [0.2, 0.25) is 0 Å². The van der Waals surface area contributed by atoms with Crippen LogP contribution < -0.4 is 5.32 Å². The Morgan fingerprint density at radius 2 is 1.81 bits per heavy atom. The van der Waals surface area contributed by atoms with Gasteiger partial charge in [0.05, 0.1) is 6.61 Å². The van der Waals surface area contributed by atoms with Crippen LogP contribution in [-0.4, -0.2) is 30.4 Å². The molecule has 0 aliphatic carbocycles. The van der Waals surface area contributed by atoms with Crippen molar-refractivity contribution in [2.45, 2.75) is 32.0 Å². The van der Waals surface area contributed by atoms with Crippen LogP contribution in [0.25, 0.3) is 0 Å². The second kappa shape index (κ2) is 6.80. The molecule has 4 nitrogen and oxygen atoms in total. The van der Waals surface area contributed by atoms with Crippen molar-refractivity contribution in [2.75, 3.05) is 18.5 Å². The molecule has 1 rings (SSSR count). The van der Waals surface area contributed by atoms with E-state index in [1.807, 2.05) is 6.92 Å². The number of rotatable bonds is 6. The molecule has 0 heterocycles. The summed E-state index contributed by atoms with van der Waals surface area (Å²) in [6.45, 7) is 3.73. The molecule has 1 atom stereocenters. The molecule has 0 saturated carbocycles. The number of hydrogen-bond acceptors (Lipinski definition) is 4. The number of aliphatic hydroxyl groups is 1. The highest BCUT2D eigenvalue weighted by atomic mass is 19.4. The van der Waals surface area contributed by atoms with E-state index in [0.29, 0.717) is 12.2 Å². The first-order valence-corrected chi connectivity index (χ1v) is 6.58. The van der Waals surface area contributed by atoms with Crippen LogP contribution in [0.15, 0.2) is 24.3 Å². The summed E-state index contributed by atoms with van der Waals surface area (Å²) in [7, 11) is 0. The number of esters is 1. The summed E-state index contributed by atoms with van der Waals surface area (Å²) in [6, 6.07) is 4.87. The first kappa shape index (κ1) is 17.3. The zero-order chi connectivity index (χ0) is 16.1. The quantitative estimate of drug-likeness (QED) is 0.794. The van der Waals surface area contributed by atoms with Crippen molar-refractivity contribution in [1.82, 2.24) is 0 Å². The standard InChI is InChI=1S/C14H18F3NO3/c1-3-9-18-11-7-5-10(6-8-11)13(20,14(15,16)17)12(19)21-4-2/h5-8,18,20H,3-4,9H2,1-2H3. The highest BCUT2D eigenvalue weighted by Crippen LogP contribution is 2.40. The van der Waals surface area contributed by atoms with E-state index in [-0.39, 0.29) is 6.61 Å². The molecule has 1 unspecified atom stereocenters. The van der Waals surface area contributed by atoms with Gasteiger partial charge in [0.2, 0.25) is 0 Å². The SMILES string of the molecule is CCCNc1ccc(C(O)(C(=O)OCC)C(F)(F)F)cc1. The van der Waals surface area contributed by atoms with Gasteiger partial charge in [0, 0.05) is 17.8 Å². The van der Waals surface area contributed by atoms with Crippen molar-refractivity contribution in [3.63, 3.8) is 0 Å². The number of carbonyl (C=O) groups excluding carboxylic acids is 1. The van der Waals surface area contributed by atoms with Gasteiger partial charge in [0.1, 0.15) is 0 Å². The monoisotopic (exact) mass is 305 g/mol. The first-order chi connectivity index (χ1) is 9.77. The Morgan fingerprint density at radius 1 is 1.24 bits per heavy atom. The molecule has 0 amide bonds. The lowest BCUT2D eigenvalue weighted by atomic mass is 9.93. The number of ether oxygens (including phenoxy) is 1. The van der Waals surface area contributed by atoms with Gasteiger partial charge >= 0.3 is 12.1 Å². The fourth-order valence-corrected chi connectivity index (χ4v) is 1.73. The Morgan fingerprint density at radius 3 is 2.24 bits per heavy atom. The molecule has 21 heavy (non-hydrogen) atoms. The van der Waals surface area contributed by atoms with E-state index in [9.17, 15) is 23.1 Å². The van der Waals surface area contributed by atoms with Crippen LogP contribution in [0.5, 0.6) is 0 Å². The predicted octanol–water partition coefficient (Wildman–Crippen LogP) is 2.82. The Hall–Kier alpha value is -1.76. The lowest BCUT2D eigenvalue weighted by Gasteiger charge is -2.28. The number of anilines is 1. The number of hydrogen-bond donors (Lipinski definition) is 2. The third-order valence-electron chi connectivity index (χ3n) is 2.86. The van der Waals surface area contributed by atoms with Gasteiger partial charge in [-0.2, -0.15) is 13.2 Å². The topological polar surface area (TPSA) is 58.6 Å². The molecule has 0 radical (unpaired) electrons. The molecule has 0 saturated heterocycles. The summed E-state index contributed by atoms with van der Waals surface area (Å²) >= 11 is 0. The fraction of sp³-hybridized carbons (Fsp3) is 0.500. The second-order valence-corrected chi connectivity index (χ2v) is 4.43. The van der Waals surface area contributed by atoms with E-state index in [1.54, 1.807) is 0 Å². The Balaban J connectivity index is 3.13. The maximum atomic E-state index is 13.1. The molecule has 2 N–H and O–H groups in total. The van der Waals surface area contributed by atoms with Gasteiger partial charge in [-0.05, 0) is 25.5 Å². The minimum Gasteiger partial charge on any atom is -0.463 e. The van der Waals surface area contributed by atoms with E-state index >= 15 is 0 Å². The second-order valence-electron chi connectivity index (χ2n) is 4.43. The van der Waals surface area contributed by atoms with Gasteiger partial charge in [-0.1, -0.05) is 19.1 Å². The van der Waals surface area contributed by atoms with E-state index in [0.717, 1.165) is 18.6 Å². The zero-order valence-corrected chi connectivity index (χ0v) is 11.8. The summed E-state index contributed by atoms with van der Waals surface area (Å²) in [6.07, 6.45) is -4.31. The maximum absolute atomic E-state index is 13.1. The average molecular weight is 305 g/mol. The van der Waals surface area contributed by atoms with Gasteiger partial charge in [-0.25, -0.2) is 4.79 Å². The lowest BCUT2D eigenvalue weighted by Crippen LogP contribution is -2.50. The lowest BCUT2D eigenvalue weighted by molar-refractivity contribution is -0.267. The van der Waals surface area contributed by atoms with Gasteiger partial charge in [-0.3, -0.25) is 0 Å². The smallest absolute Gasteiger partial charge is 0.432 e. The molecular formula is C14H18F3NO3. The molecule has 0 bridgehead atoms. The van der Waals surface area contributed by atoms with E-state index in [4.69, 9.17) is 0 Å². The molecular weight excluding hydrogens is 287 g/mol. The molecule has 1 aromatic rings. The number of alkyl halides is 3. The normalized spacial score (nSPS) is 14.4. The van der Waals surface area contributed by atoms with Crippen LogP contribution in [0, 0.1) is 0 Å². The van der Waals surface area contributed by atoms with E-state index in [1.165, 1.54) is 19.1 Å². The largest absolute Gasteiger partial charge is 0.463 e. The molecule has 1 aromatic carbocycles. The first-order valence-electron chi connectivity index (χ1n) is 6.58. The van der Waals surface area contributed by atoms with Gasteiger partial charge in [0.25, 0.3) is 5.60 Å². The van der Waals surface area contributed by atoms with Crippen molar-refractivity contribution in [2.24, 2.45) is 0 Å². The summed E-state index contributed by atoms with van der Waals surface area (Å²) < 4.78 is 43.7. The van der Waals surface area contributed by atoms with Crippen molar-refractivity contribution in [1.29, 1.82) is 0 Å². The van der Waals surface area contributed by atoms with Crippen LogP contribution in [0.1, 0.15) is 25.8 Å². The fourth-order valence-electron chi connectivity index (χ4n) is 1.73. The van der Waals surface area contributed by atoms with Gasteiger partial charge in [0.15, 0.2) is 0 Å². The van der Waals surface area contributed by atoms with Crippen molar-refractivity contribution in [3.8, 4) is 0 Å². The molecule has 7 heteroatoms. The minimum atomic E-state index is -5.17. The zero-order valence-electron chi connectivity index (χ0n) is 11.8. The summed E-state index contributed by atoms with van der Waals surface area (Å²) in [5, 5.41) is 12.9. The van der Waals surface area contributed by atoms with Crippen LogP contribution in [0.3, 0.4) is 0 Å². The van der Waals surface area contributed by atoms with E-state index < -0.39 is 23.3 Å². The van der Waals surface area contributed by atoms with Gasteiger partial charge in [-0.15, -0.1) is 0 Å². The van der Waals surface area contributed by atoms with Crippen molar-refractivity contribution < 1.29 is 27.8 Å². The molecule has 0 aliphatic rings. The number of carbonyl (C=O) groups is 1. The van der Waals surface area contributed by atoms with Crippen molar-refractivity contribution in [3.05, 3.63) is 29.8 Å². The third kappa shape index (κ3) is 3.66. The number of halogens is 3. The minimum absolute atomic E-state index is 0.257. The van der Waals surface area contributed by atoms with E-state index in [2.05, 4.69) is 10.1 Å². The molecule has 0 aliphatic heterocycles. The summed E-state index contributed by atoms with van der Waals surface area (Å²) in [5.41, 5.74) is -3.63. The van der Waals surface area contributed by atoms with Crippen LogP contribution >= 0.6 is 0 Å². The Kier molecular flexibility index (Phi) is 5.60. The van der Waals surface area contributed by atoms with Crippen molar-refractivity contribution >= 4 is 11.7 Å². The van der Waals surface area contributed by atoms with Gasteiger partial charge < -0.3 is 15.2 Å². The third-order valence-corrected chi connectivity index (χ3v) is 2.86. The average Bonchev–Trinajstić information content (AvgIpc) is 2.43. The highest BCUT2D eigenvalue weighted by Gasteiger charge is 2.62. The summed E-state index contributed by atoms with van der Waals surface area (Å²) in [5.74, 6) is -1.73.